The zero-order valence-electron chi connectivity index (χ0n) is 12.7. The quantitative estimate of drug-likeness (QED) is 0.664. The van der Waals surface area contributed by atoms with E-state index >= 15 is 0 Å². The second-order valence-electron chi connectivity index (χ2n) is 7.04. The number of halogens is 1. The number of nitro benzene ring substituents is 1. The Balaban J connectivity index is 2.30. The van der Waals surface area contributed by atoms with Crippen LogP contribution in [0.25, 0.3) is 0 Å². The van der Waals surface area contributed by atoms with Gasteiger partial charge in [-0.2, -0.15) is 0 Å². The molecular formula is C16H23ClN2O2. The number of nitro groups is 1. The summed E-state index contributed by atoms with van der Waals surface area (Å²) in [7, 11) is 0. The summed E-state index contributed by atoms with van der Waals surface area (Å²) in [6.45, 7) is 5.09. The minimum Gasteiger partial charge on any atom is -0.330 e. The molecule has 0 radical (unpaired) electrons. The van der Waals surface area contributed by atoms with E-state index in [9.17, 15) is 10.1 Å². The molecule has 2 rings (SSSR count). The normalized spacial score (nSPS) is 20.2. The van der Waals surface area contributed by atoms with Crippen LogP contribution in [0.15, 0.2) is 18.2 Å². The molecule has 0 saturated heterocycles. The van der Waals surface area contributed by atoms with Gasteiger partial charge in [0, 0.05) is 11.6 Å². The molecule has 0 unspecified atom stereocenters. The van der Waals surface area contributed by atoms with E-state index in [0.717, 1.165) is 25.7 Å². The van der Waals surface area contributed by atoms with Crippen LogP contribution >= 0.6 is 11.6 Å². The molecule has 2 N–H and O–H groups in total. The van der Waals surface area contributed by atoms with Crippen molar-refractivity contribution in [2.45, 2.75) is 46.0 Å². The van der Waals surface area contributed by atoms with Gasteiger partial charge in [-0.05, 0) is 55.5 Å². The van der Waals surface area contributed by atoms with Crippen LogP contribution in [0.3, 0.4) is 0 Å². The Morgan fingerprint density at radius 2 is 1.90 bits per heavy atom. The van der Waals surface area contributed by atoms with Crippen molar-refractivity contribution in [1.82, 2.24) is 0 Å². The highest BCUT2D eigenvalue weighted by molar-refractivity contribution is 6.31. The minimum atomic E-state index is -0.349. The number of nitrogens with zero attached hydrogens (tertiary/aromatic N) is 1. The predicted octanol–water partition coefficient (Wildman–Crippen LogP) is 4.34. The van der Waals surface area contributed by atoms with Gasteiger partial charge in [-0.3, -0.25) is 10.1 Å². The zero-order chi connectivity index (χ0) is 15.7. The van der Waals surface area contributed by atoms with Gasteiger partial charge in [0.15, 0.2) is 0 Å². The van der Waals surface area contributed by atoms with Crippen molar-refractivity contribution in [3.63, 3.8) is 0 Å². The lowest BCUT2D eigenvalue weighted by atomic mass is 9.63. The maximum Gasteiger partial charge on any atom is 0.274 e. The second kappa shape index (κ2) is 5.93. The van der Waals surface area contributed by atoms with Crippen LogP contribution in [0.5, 0.6) is 0 Å². The fourth-order valence-corrected chi connectivity index (χ4v) is 3.41. The van der Waals surface area contributed by atoms with Crippen LogP contribution in [0.2, 0.25) is 5.02 Å². The largest absolute Gasteiger partial charge is 0.330 e. The third-order valence-electron chi connectivity index (χ3n) is 4.94. The zero-order valence-corrected chi connectivity index (χ0v) is 13.4. The molecule has 0 atom stereocenters. The molecule has 1 aliphatic carbocycles. The maximum absolute atomic E-state index is 11.2. The Kier molecular flexibility index (Phi) is 4.59. The predicted molar refractivity (Wildman–Crippen MR) is 85.5 cm³/mol. The smallest absolute Gasteiger partial charge is 0.274 e. The van der Waals surface area contributed by atoms with Gasteiger partial charge in [0.1, 0.15) is 0 Å². The third-order valence-corrected chi connectivity index (χ3v) is 5.29. The first-order valence-corrected chi connectivity index (χ1v) is 7.78. The molecule has 5 heteroatoms. The Bertz CT molecular complexity index is 533. The Hall–Kier alpha value is -1.13. The van der Waals surface area contributed by atoms with Crippen molar-refractivity contribution in [3.05, 3.63) is 38.9 Å². The number of hydrogen-bond acceptors (Lipinski definition) is 3. The van der Waals surface area contributed by atoms with Crippen LogP contribution in [0.1, 0.15) is 45.1 Å². The lowest BCUT2D eigenvalue weighted by Crippen LogP contribution is -2.39. The van der Waals surface area contributed by atoms with Gasteiger partial charge in [-0.1, -0.05) is 31.5 Å². The van der Waals surface area contributed by atoms with Gasteiger partial charge in [0.25, 0.3) is 5.69 Å². The van der Waals surface area contributed by atoms with Crippen molar-refractivity contribution in [2.24, 2.45) is 16.6 Å². The summed E-state index contributed by atoms with van der Waals surface area (Å²) in [5.41, 5.74) is 7.06. The minimum absolute atomic E-state index is 0.0642. The van der Waals surface area contributed by atoms with Crippen LogP contribution in [0.4, 0.5) is 5.69 Å². The lowest BCUT2D eigenvalue weighted by Gasteiger charge is -2.43. The Morgan fingerprint density at radius 1 is 1.29 bits per heavy atom. The summed E-state index contributed by atoms with van der Waals surface area (Å²) in [5, 5.41) is 11.7. The number of benzene rings is 1. The van der Waals surface area contributed by atoms with E-state index < -0.39 is 0 Å². The van der Waals surface area contributed by atoms with E-state index in [1.165, 1.54) is 6.07 Å². The first-order valence-electron chi connectivity index (χ1n) is 7.40. The molecule has 1 aromatic rings. The Labute approximate surface area is 130 Å². The van der Waals surface area contributed by atoms with Crippen LogP contribution in [0, 0.1) is 20.9 Å². The molecular weight excluding hydrogens is 288 g/mol. The highest BCUT2D eigenvalue weighted by Gasteiger charge is 2.39. The van der Waals surface area contributed by atoms with Gasteiger partial charge in [-0.25, -0.2) is 0 Å². The topological polar surface area (TPSA) is 69.2 Å². The molecule has 0 heterocycles. The van der Waals surface area contributed by atoms with E-state index in [1.807, 2.05) is 0 Å². The molecule has 1 saturated carbocycles. The molecule has 1 aliphatic rings. The molecule has 0 bridgehead atoms. The third kappa shape index (κ3) is 3.55. The van der Waals surface area contributed by atoms with Crippen LogP contribution in [-0.4, -0.2) is 11.5 Å². The molecule has 116 valence electrons. The van der Waals surface area contributed by atoms with E-state index in [1.54, 1.807) is 12.1 Å². The van der Waals surface area contributed by atoms with E-state index in [4.69, 9.17) is 17.3 Å². The number of nitrogens with two attached hydrogens (primary N) is 1. The fraction of sp³-hybridized carbons (Fsp3) is 0.625. The van der Waals surface area contributed by atoms with Crippen molar-refractivity contribution < 1.29 is 4.92 Å². The Morgan fingerprint density at radius 3 is 2.43 bits per heavy atom. The summed E-state index contributed by atoms with van der Waals surface area (Å²) < 4.78 is 0. The summed E-state index contributed by atoms with van der Waals surface area (Å²) in [5.74, 6) is 0. The number of rotatable bonds is 4. The van der Waals surface area contributed by atoms with Gasteiger partial charge in [0.05, 0.1) is 9.95 Å². The first-order chi connectivity index (χ1) is 9.79. The maximum atomic E-state index is 11.2. The highest BCUT2D eigenvalue weighted by Crippen LogP contribution is 2.47. The highest BCUT2D eigenvalue weighted by atomic mass is 35.5. The fourth-order valence-electron chi connectivity index (χ4n) is 3.18. The number of hydrogen-bond donors (Lipinski definition) is 1. The van der Waals surface area contributed by atoms with E-state index in [0.29, 0.717) is 29.0 Å². The lowest BCUT2D eigenvalue weighted by molar-refractivity contribution is -0.385. The van der Waals surface area contributed by atoms with Crippen molar-refractivity contribution >= 4 is 17.3 Å². The van der Waals surface area contributed by atoms with Gasteiger partial charge in [-0.15, -0.1) is 0 Å². The standard InChI is InChI=1S/C16H23ClN2O2/c1-15(2)6-8-16(11-18,9-7-15)10-12-13(17)4-3-5-14(12)19(20)21/h3-5H,6-11,18H2,1-2H3. The molecule has 0 aromatic heterocycles. The van der Waals surface area contributed by atoms with Crippen molar-refractivity contribution in [2.75, 3.05) is 6.54 Å². The van der Waals surface area contributed by atoms with Crippen molar-refractivity contribution in [1.29, 1.82) is 0 Å². The molecule has 0 spiro atoms. The van der Waals surface area contributed by atoms with E-state index in [-0.39, 0.29) is 16.0 Å². The monoisotopic (exact) mass is 310 g/mol. The van der Waals surface area contributed by atoms with E-state index in [2.05, 4.69) is 13.8 Å². The molecule has 1 aromatic carbocycles. The second-order valence-corrected chi connectivity index (χ2v) is 7.45. The van der Waals surface area contributed by atoms with Gasteiger partial charge >= 0.3 is 0 Å². The summed E-state index contributed by atoms with van der Waals surface area (Å²) in [6, 6.07) is 4.88. The first kappa shape index (κ1) is 16.2. The molecule has 0 amide bonds. The molecule has 4 nitrogen and oxygen atoms in total. The molecule has 21 heavy (non-hydrogen) atoms. The van der Waals surface area contributed by atoms with Crippen LogP contribution in [-0.2, 0) is 6.42 Å². The summed E-state index contributed by atoms with van der Waals surface area (Å²) in [4.78, 5) is 10.9. The molecule has 1 fully saturated rings. The van der Waals surface area contributed by atoms with Crippen LogP contribution < -0.4 is 5.73 Å². The van der Waals surface area contributed by atoms with Crippen molar-refractivity contribution in [3.8, 4) is 0 Å². The van der Waals surface area contributed by atoms with Gasteiger partial charge in [0.2, 0.25) is 0 Å². The summed E-state index contributed by atoms with van der Waals surface area (Å²) >= 11 is 6.22. The SMILES string of the molecule is CC1(C)CCC(CN)(Cc2c(Cl)cccc2[N+](=O)[O-])CC1. The molecule has 0 aliphatic heterocycles. The summed E-state index contributed by atoms with van der Waals surface area (Å²) in [6.07, 6.45) is 4.79. The van der Waals surface area contributed by atoms with Gasteiger partial charge < -0.3 is 5.73 Å². The average molecular weight is 311 g/mol. The average Bonchev–Trinajstić information content (AvgIpc) is 2.43.